The van der Waals surface area contributed by atoms with Crippen LogP contribution in [0.2, 0.25) is 0 Å². The van der Waals surface area contributed by atoms with Gasteiger partial charge in [0.15, 0.2) is 0 Å². The molecular weight excluding hydrogens is 214 g/mol. The van der Waals surface area contributed by atoms with Crippen LogP contribution in [0.5, 0.6) is 0 Å². The van der Waals surface area contributed by atoms with Gasteiger partial charge in [-0.1, -0.05) is 24.3 Å². The first-order valence-corrected chi connectivity index (χ1v) is 5.70. The molecule has 1 aromatic heterocycles. The molecule has 2 aromatic rings. The highest BCUT2D eigenvalue weighted by molar-refractivity contribution is 5.88. The Labute approximate surface area is 99.1 Å². The molecule has 1 aromatic carbocycles. The number of rotatable bonds is 1. The number of nitrogens with one attached hydrogen (secondary N) is 1. The topological polar surface area (TPSA) is 42.1 Å². The number of aromatic amines is 1. The van der Waals surface area contributed by atoms with E-state index in [4.69, 9.17) is 4.74 Å². The maximum atomic E-state index is 11.1. The van der Waals surface area contributed by atoms with Crippen molar-refractivity contribution in [3.63, 3.8) is 0 Å². The van der Waals surface area contributed by atoms with E-state index in [1.807, 2.05) is 24.3 Å². The van der Waals surface area contributed by atoms with E-state index in [1.165, 1.54) is 6.92 Å². The zero-order valence-corrected chi connectivity index (χ0v) is 9.57. The predicted molar refractivity (Wildman–Crippen MR) is 66.5 cm³/mol. The smallest absolute Gasteiger partial charge is 0.303 e. The van der Waals surface area contributed by atoms with Crippen molar-refractivity contribution in [2.45, 2.75) is 19.4 Å². The van der Waals surface area contributed by atoms with Crippen LogP contribution in [0.1, 0.15) is 30.7 Å². The molecule has 17 heavy (non-hydrogen) atoms. The Kier molecular flexibility index (Phi) is 2.25. The molecule has 0 spiro atoms. The number of fused-ring (bicyclic) bond motifs is 3. The highest BCUT2D eigenvalue weighted by Crippen LogP contribution is 2.36. The number of ether oxygens (including phenoxy) is 1. The summed E-state index contributed by atoms with van der Waals surface area (Å²) in [4.78, 5) is 14.5. The van der Waals surface area contributed by atoms with Crippen molar-refractivity contribution in [2.75, 3.05) is 0 Å². The third kappa shape index (κ3) is 1.64. The van der Waals surface area contributed by atoms with Crippen molar-refractivity contribution in [3.05, 3.63) is 41.6 Å². The molecule has 1 atom stereocenters. The maximum Gasteiger partial charge on any atom is 0.303 e. The van der Waals surface area contributed by atoms with Gasteiger partial charge >= 0.3 is 5.97 Å². The summed E-state index contributed by atoms with van der Waals surface area (Å²) in [6.45, 7) is 1.45. The number of benzene rings is 1. The van der Waals surface area contributed by atoms with E-state index < -0.39 is 0 Å². The van der Waals surface area contributed by atoms with Crippen LogP contribution in [0.25, 0.3) is 17.0 Å². The first kappa shape index (κ1) is 10.1. The van der Waals surface area contributed by atoms with E-state index in [1.54, 1.807) is 0 Å². The molecule has 1 heterocycles. The molecule has 1 N–H and O–H groups in total. The van der Waals surface area contributed by atoms with Gasteiger partial charge in [-0.25, -0.2) is 0 Å². The summed E-state index contributed by atoms with van der Waals surface area (Å²) in [6.07, 6.45) is 4.67. The van der Waals surface area contributed by atoms with Crippen molar-refractivity contribution in [3.8, 4) is 0 Å². The van der Waals surface area contributed by atoms with Gasteiger partial charge in [-0.2, -0.15) is 0 Å². The minimum Gasteiger partial charge on any atom is -0.457 e. The Balaban J connectivity index is 2.17. The standard InChI is InChI=1S/C14H13NO2/c1-9(16)17-13-8-4-7-12-14(13)10-5-2-3-6-11(10)15-12/h2-7,13,15H,8H2,1H3. The van der Waals surface area contributed by atoms with Crippen LogP contribution in [0, 0.1) is 0 Å². The Morgan fingerprint density at radius 3 is 3.06 bits per heavy atom. The quantitative estimate of drug-likeness (QED) is 0.760. The third-order valence-electron chi connectivity index (χ3n) is 3.04. The van der Waals surface area contributed by atoms with Gasteiger partial charge in [-0.15, -0.1) is 0 Å². The molecule has 0 amide bonds. The first-order valence-electron chi connectivity index (χ1n) is 5.70. The molecular formula is C14H13NO2. The number of H-pyrrole nitrogens is 1. The minimum absolute atomic E-state index is 0.163. The summed E-state index contributed by atoms with van der Waals surface area (Å²) in [6, 6.07) is 8.08. The fraction of sp³-hybridized carbons (Fsp3) is 0.214. The summed E-state index contributed by atoms with van der Waals surface area (Å²) < 4.78 is 5.37. The molecule has 1 unspecified atom stereocenters. The van der Waals surface area contributed by atoms with Crippen LogP contribution < -0.4 is 0 Å². The SMILES string of the molecule is CC(=O)OC1CC=Cc2[nH]c3ccccc3c21. The van der Waals surface area contributed by atoms with Crippen molar-refractivity contribution in [1.82, 2.24) is 4.98 Å². The largest absolute Gasteiger partial charge is 0.457 e. The van der Waals surface area contributed by atoms with E-state index >= 15 is 0 Å². The lowest BCUT2D eigenvalue weighted by atomic mass is 9.98. The molecule has 0 saturated carbocycles. The number of esters is 1. The average molecular weight is 227 g/mol. The van der Waals surface area contributed by atoms with Crippen LogP contribution in [-0.4, -0.2) is 11.0 Å². The summed E-state index contributed by atoms with van der Waals surface area (Å²) in [5.74, 6) is -0.235. The second kappa shape index (κ2) is 3.77. The van der Waals surface area contributed by atoms with Gasteiger partial charge in [0.25, 0.3) is 0 Å². The average Bonchev–Trinajstić information content (AvgIpc) is 2.67. The maximum absolute atomic E-state index is 11.1. The Hall–Kier alpha value is -2.03. The van der Waals surface area contributed by atoms with E-state index in [0.717, 1.165) is 28.6 Å². The van der Waals surface area contributed by atoms with Crippen LogP contribution in [0.4, 0.5) is 0 Å². The highest BCUT2D eigenvalue weighted by Gasteiger charge is 2.23. The van der Waals surface area contributed by atoms with Crippen molar-refractivity contribution in [2.24, 2.45) is 0 Å². The molecule has 0 radical (unpaired) electrons. The summed E-state index contributed by atoms with van der Waals surface area (Å²) in [5.41, 5.74) is 3.23. The van der Waals surface area contributed by atoms with Gasteiger partial charge in [-0.05, 0) is 12.1 Å². The lowest BCUT2D eigenvalue weighted by Gasteiger charge is -2.19. The lowest BCUT2D eigenvalue weighted by molar-refractivity contribution is -0.146. The molecule has 3 nitrogen and oxygen atoms in total. The van der Waals surface area contributed by atoms with Gasteiger partial charge < -0.3 is 9.72 Å². The zero-order valence-electron chi connectivity index (χ0n) is 9.57. The second-order valence-corrected chi connectivity index (χ2v) is 4.23. The van der Waals surface area contributed by atoms with Crippen molar-refractivity contribution in [1.29, 1.82) is 0 Å². The van der Waals surface area contributed by atoms with Gasteiger partial charge in [-0.3, -0.25) is 4.79 Å². The number of hydrogen-bond acceptors (Lipinski definition) is 2. The summed E-state index contributed by atoms with van der Waals surface area (Å²) in [7, 11) is 0. The summed E-state index contributed by atoms with van der Waals surface area (Å²) in [5, 5.41) is 1.14. The van der Waals surface area contributed by atoms with Gasteiger partial charge in [0.2, 0.25) is 0 Å². The molecule has 86 valence electrons. The molecule has 0 saturated heterocycles. The van der Waals surface area contributed by atoms with Crippen molar-refractivity contribution < 1.29 is 9.53 Å². The fourth-order valence-electron chi connectivity index (χ4n) is 2.40. The second-order valence-electron chi connectivity index (χ2n) is 4.23. The van der Waals surface area contributed by atoms with Crippen molar-refractivity contribution >= 4 is 22.9 Å². The minimum atomic E-state index is -0.235. The number of carbonyl (C=O) groups excluding carboxylic acids is 1. The van der Waals surface area contributed by atoms with Crippen LogP contribution >= 0.6 is 0 Å². The van der Waals surface area contributed by atoms with Gasteiger partial charge in [0.1, 0.15) is 6.10 Å². The monoisotopic (exact) mass is 227 g/mol. The Morgan fingerprint density at radius 2 is 2.24 bits per heavy atom. The molecule has 0 aliphatic heterocycles. The Bertz CT molecular complexity index is 610. The number of aromatic nitrogens is 1. The molecule has 3 rings (SSSR count). The molecule has 0 fully saturated rings. The third-order valence-corrected chi connectivity index (χ3v) is 3.04. The van der Waals surface area contributed by atoms with Crippen LogP contribution in [0.3, 0.4) is 0 Å². The zero-order chi connectivity index (χ0) is 11.8. The van der Waals surface area contributed by atoms with E-state index in [2.05, 4.69) is 17.1 Å². The number of hydrogen-bond donors (Lipinski definition) is 1. The first-order chi connectivity index (χ1) is 8.25. The van der Waals surface area contributed by atoms with Gasteiger partial charge in [0.05, 0.1) is 0 Å². The fourth-order valence-corrected chi connectivity index (χ4v) is 2.40. The van der Waals surface area contributed by atoms with Crippen LogP contribution in [0.15, 0.2) is 30.3 Å². The molecule has 1 aliphatic carbocycles. The predicted octanol–water partition coefficient (Wildman–Crippen LogP) is 3.19. The lowest BCUT2D eigenvalue weighted by Crippen LogP contribution is -2.10. The number of para-hydroxylation sites is 1. The van der Waals surface area contributed by atoms with E-state index in [9.17, 15) is 4.79 Å². The highest BCUT2D eigenvalue weighted by atomic mass is 16.5. The van der Waals surface area contributed by atoms with Gasteiger partial charge in [0, 0.05) is 35.5 Å². The normalized spacial score (nSPS) is 18.1. The number of carbonyl (C=O) groups is 1. The Morgan fingerprint density at radius 1 is 1.41 bits per heavy atom. The summed E-state index contributed by atoms with van der Waals surface area (Å²) >= 11 is 0. The molecule has 0 bridgehead atoms. The molecule has 3 heteroatoms. The van der Waals surface area contributed by atoms with E-state index in [-0.39, 0.29) is 12.1 Å². The van der Waals surface area contributed by atoms with E-state index in [0.29, 0.717) is 0 Å². The molecule has 1 aliphatic rings. The van der Waals surface area contributed by atoms with Crippen LogP contribution in [-0.2, 0) is 9.53 Å².